The molecule has 0 radical (unpaired) electrons. The number of alkyl halides is 3. The lowest BCUT2D eigenvalue weighted by atomic mass is 10.1. The number of rotatable bonds is 2. The Balaban J connectivity index is 1.41. The van der Waals surface area contributed by atoms with Gasteiger partial charge >= 0.3 is 6.18 Å². The average Bonchev–Trinajstić information content (AvgIpc) is 3.42. The predicted octanol–water partition coefficient (Wildman–Crippen LogP) is 4.43. The number of aromatic nitrogens is 3. The molecule has 1 fully saturated rings. The highest BCUT2D eigenvalue weighted by Crippen LogP contribution is 2.33. The van der Waals surface area contributed by atoms with Crippen molar-refractivity contribution in [1.82, 2.24) is 19.5 Å². The van der Waals surface area contributed by atoms with Crippen LogP contribution in [0.4, 0.5) is 13.2 Å². The Morgan fingerprint density at radius 1 is 1.20 bits per heavy atom. The Labute approximate surface area is 168 Å². The number of amides is 1. The Morgan fingerprint density at radius 3 is 2.77 bits per heavy atom. The Bertz CT molecular complexity index is 1240. The van der Waals surface area contributed by atoms with Crippen LogP contribution in [0.15, 0.2) is 46.9 Å². The summed E-state index contributed by atoms with van der Waals surface area (Å²) in [5, 5.41) is 5.02. The minimum absolute atomic E-state index is 0.152. The van der Waals surface area contributed by atoms with Gasteiger partial charge in [-0.05, 0) is 31.5 Å². The summed E-state index contributed by atoms with van der Waals surface area (Å²) in [7, 11) is 0. The van der Waals surface area contributed by atoms with E-state index in [1.54, 1.807) is 23.1 Å². The van der Waals surface area contributed by atoms with Crippen molar-refractivity contribution in [1.29, 1.82) is 0 Å². The summed E-state index contributed by atoms with van der Waals surface area (Å²) in [6.45, 7) is 2.36. The van der Waals surface area contributed by atoms with Gasteiger partial charge in [-0.15, -0.1) is 0 Å². The van der Waals surface area contributed by atoms with E-state index in [2.05, 4.69) is 10.1 Å². The lowest BCUT2D eigenvalue weighted by molar-refractivity contribution is -0.142. The van der Waals surface area contributed by atoms with Crippen LogP contribution in [0, 0.1) is 6.92 Å². The molecule has 0 spiro atoms. The molecular formula is C21H17F3N4O2. The average molecular weight is 414 g/mol. The minimum Gasteiger partial charge on any atom is -0.451 e. The van der Waals surface area contributed by atoms with Crippen molar-refractivity contribution in [3.63, 3.8) is 0 Å². The van der Waals surface area contributed by atoms with Crippen molar-refractivity contribution in [2.24, 2.45) is 0 Å². The maximum absolute atomic E-state index is 13.4. The zero-order valence-electron chi connectivity index (χ0n) is 16.0. The molecule has 154 valence electrons. The maximum Gasteiger partial charge on any atom is 0.433 e. The molecule has 0 bridgehead atoms. The first-order valence-corrected chi connectivity index (χ1v) is 9.52. The highest BCUT2D eigenvalue weighted by atomic mass is 19.4. The predicted molar refractivity (Wildman–Crippen MR) is 102 cm³/mol. The van der Waals surface area contributed by atoms with E-state index in [4.69, 9.17) is 4.42 Å². The van der Waals surface area contributed by atoms with E-state index < -0.39 is 11.9 Å². The molecule has 5 rings (SSSR count). The number of hydrogen-bond acceptors (Lipinski definition) is 4. The van der Waals surface area contributed by atoms with Crippen LogP contribution >= 0.6 is 0 Å². The van der Waals surface area contributed by atoms with E-state index >= 15 is 0 Å². The van der Waals surface area contributed by atoms with Gasteiger partial charge in [0.25, 0.3) is 5.91 Å². The second kappa shape index (κ2) is 6.58. The number of aryl methyl sites for hydroxylation is 1. The largest absolute Gasteiger partial charge is 0.451 e. The monoisotopic (exact) mass is 414 g/mol. The zero-order valence-corrected chi connectivity index (χ0v) is 16.0. The number of furan rings is 1. The SMILES string of the molecule is Cc1cc(C(F)(F)F)n2nc([C@H]3CCN(C(=O)c4cc5ccccc5o4)C3)cc2n1. The van der Waals surface area contributed by atoms with Gasteiger partial charge in [-0.25, -0.2) is 9.50 Å². The van der Waals surface area contributed by atoms with Gasteiger partial charge in [-0.3, -0.25) is 4.79 Å². The number of carbonyl (C=O) groups is 1. The quantitative estimate of drug-likeness (QED) is 0.487. The molecular weight excluding hydrogens is 397 g/mol. The highest BCUT2D eigenvalue weighted by molar-refractivity contribution is 5.96. The summed E-state index contributed by atoms with van der Waals surface area (Å²) < 4.78 is 46.6. The van der Waals surface area contributed by atoms with Gasteiger partial charge in [0.05, 0.1) is 5.69 Å². The molecule has 0 aliphatic carbocycles. The molecule has 6 nitrogen and oxygen atoms in total. The van der Waals surface area contributed by atoms with Crippen LogP contribution in [0.2, 0.25) is 0 Å². The number of halogens is 3. The number of carbonyl (C=O) groups excluding carboxylic acids is 1. The van der Waals surface area contributed by atoms with Crippen LogP contribution < -0.4 is 0 Å². The summed E-state index contributed by atoms with van der Waals surface area (Å²) in [5.41, 5.74) is 0.704. The first kappa shape index (κ1) is 18.7. The number of benzene rings is 1. The molecule has 1 aliphatic rings. The van der Waals surface area contributed by atoms with Gasteiger partial charge in [0.1, 0.15) is 11.3 Å². The Morgan fingerprint density at radius 2 is 2.00 bits per heavy atom. The summed E-state index contributed by atoms with van der Waals surface area (Å²) in [6, 6.07) is 11.6. The van der Waals surface area contributed by atoms with E-state index in [9.17, 15) is 18.0 Å². The van der Waals surface area contributed by atoms with Crippen LogP contribution in [-0.2, 0) is 6.18 Å². The van der Waals surface area contributed by atoms with Gasteiger partial charge in [0, 0.05) is 36.2 Å². The lowest BCUT2D eigenvalue weighted by Crippen LogP contribution is -2.28. The molecule has 4 heterocycles. The van der Waals surface area contributed by atoms with Crippen LogP contribution in [0.1, 0.15) is 40.0 Å². The number of hydrogen-bond donors (Lipinski definition) is 0. The van der Waals surface area contributed by atoms with Crippen molar-refractivity contribution in [2.75, 3.05) is 13.1 Å². The van der Waals surface area contributed by atoms with Crippen LogP contribution in [0.5, 0.6) is 0 Å². The Hall–Kier alpha value is -3.36. The summed E-state index contributed by atoms with van der Waals surface area (Å²) in [4.78, 5) is 18.7. The third-order valence-electron chi connectivity index (χ3n) is 5.39. The summed E-state index contributed by atoms with van der Waals surface area (Å²) in [5.74, 6) is -0.146. The maximum atomic E-state index is 13.4. The van der Waals surface area contributed by atoms with Crippen LogP contribution in [0.3, 0.4) is 0 Å². The third kappa shape index (κ3) is 3.10. The molecule has 3 aromatic heterocycles. The van der Waals surface area contributed by atoms with Gasteiger partial charge in [0.15, 0.2) is 11.4 Å². The molecule has 9 heteroatoms. The Kier molecular flexibility index (Phi) is 4.09. The first-order valence-electron chi connectivity index (χ1n) is 9.52. The molecule has 0 unspecified atom stereocenters. The molecule has 1 saturated heterocycles. The number of para-hydroxylation sites is 1. The minimum atomic E-state index is -4.53. The van der Waals surface area contributed by atoms with E-state index in [1.807, 2.05) is 18.2 Å². The van der Waals surface area contributed by atoms with Crippen molar-refractivity contribution in [2.45, 2.75) is 25.4 Å². The van der Waals surface area contributed by atoms with Gasteiger partial charge < -0.3 is 9.32 Å². The van der Waals surface area contributed by atoms with E-state index in [-0.39, 0.29) is 28.9 Å². The lowest BCUT2D eigenvalue weighted by Gasteiger charge is -2.14. The van der Waals surface area contributed by atoms with Crippen molar-refractivity contribution >= 4 is 22.5 Å². The molecule has 4 aromatic rings. The fourth-order valence-corrected chi connectivity index (χ4v) is 3.95. The van der Waals surface area contributed by atoms with Crippen LogP contribution in [0.25, 0.3) is 16.6 Å². The molecule has 1 atom stereocenters. The number of likely N-dealkylation sites (tertiary alicyclic amines) is 1. The molecule has 1 aromatic carbocycles. The summed E-state index contributed by atoms with van der Waals surface area (Å²) in [6.07, 6.45) is -3.93. The van der Waals surface area contributed by atoms with Crippen molar-refractivity contribution in [3.05, 3.63) is 65.3 Å². The second-order valence-electron chi connectivity index (χ2n) is 7.50. The van der Waals surface area contributed by atoms with E-state index in [0.717, 1.165) is 16.0 Å². The fourth-order valence-electron chi connectivity index (χ4n) is 3.95. The summed E-state index contributed by atoms with van der Waals surface area (Å²) >= 11 is 0. The second-order valence-corrected chi connectivity index (χ2v) is 7.50. The molecule has 0 N–H and O–H groups in total. The van der Waals surface area contributed by atoms with E-state index in [1.165, 1.54) is 6.92 Å². The van der Waals surface area contributed by atoms with E-state index in [0.29, 0.717) is 30.8 Å². The molecule has 30 heavy (non-hydrogen) atoms. The van der Waals surface area contributed by atoms with Gasteiger partial charge in [-0.2, -0.15) is 18.3 Å². The molecule has 0 saturated carbocycles. The number of fused-ring (bicyclic) bond motifs is 2. The number of nitrogens with zero attached hydrogens (tertiary/aromatic N) is 4. The molecule has 1 aliphatic heterocycles. The van der Waals surface area contributed by atoms with Crippen molar-refractivity contribution < 1.29 is 22.4 Å². The smallest absolute Gasteiger partial charge is 0.433 e. The molecule has 1 amide bonds. The van der Waals surface area contributed by atoms with Gasteiger partial charge in [-0.1, -0.05) is 18.2 Å². The normalized spacial score (nSPS) is 17.3. The van der Waals surface area contributed by atoms with Gasteiger partial charge in [0.2, 0.25) is 0 Å². The zero-order chi connectivity index (χ0) is 21.0. The topological polar surface area (TPSA) is 63.6 Å². The van der Waals surface area contributed by atoms with Crippen LogP contribution in [-0.4, -0.2) is 38.5 Å². The first-order chi connectivity index (χ1) is 14.3. The van der Waals surface area contributed by atoms with Crippen molar-refractivity contribution in [3.8, 4) is 0 Å². The third-order valence-corrected chi connectivity index (χ3v) is 5.39. The standard InChI is InChI=1S/C21H17F3N4O2/c1-12-8-18(21(22,23)24)28-19(25-12)10-15(26-28)14-6-7-27(11-14)20(29)17-9-13-4-2-3-5-16(13)30-17/h2-5,8-10,14H,6-7,11H2,1H3/t14-/m0/s1. The highest BCUT2D eigenvalue weighted by Gasteiger charge is 2.36. The fraction of sp³-hybridized carbons (Fsp3) is 0.286.